The van der Waals surface area contributed by atoms with Crippen molar-refractivity contribution in [3.8, 4) is 0 Å². The van der Waals surface area contributed by atoms with Crippen LogP contribution >= 0.6 is 11.3 Å². The van der Waals surface area contributed by atoms with Crippen LogP contribution in [0.4, 0.5) is 0 Å². The van der Waals surface area contributed by atoms with Crippen LogP contribution in [0.25, 0.3) is 0 Å². The van der Waals surface area contributed by atoms with E-state index < -0.39 is 22.3 Å². The number of aryl methyl sites for hydroxylation is 1. The summed E-state index contributed by atoms with van der Waals surface area (Å²) >= 11 is 1.54. The molecule has 0 fully saturated rings. The molecule has 2 aromatic rings. The van der Waals surface area contributed by atoms with Gasteiger partial charge in [-0.1, -0.05) is 57.0 Å². The third kappa shape index (κ3) is 4.30. The molecular weight excluding hydrogens is 348 g/mol. The molecule has 1 aromatic heterocycles. The topological polar surface area (TPSA) is 37.3 Å². The zero-order valence-electron chi connectivity index (χ0n) is 15.3. The second kappa shape index (κ2) is 8.93. The van der Waals surface area contributed by atoms with E-state index in [-0.39, 0.29) is 0 Å². The Bertz CT molecular complexity index is 704. The van der Waals surface area contributed by atoms with E-state index in [0.717, 1.165) is 34.6 Å². The van der Waals surface area contributed by atoms with Gasteiger partial charge in [0.15, 0.2) is 0 Å². The first-order chi connectivity index (χ1) is 12.0. The van der Waals surface area contributed by atoms with Gasteiger partial charge in [-0.2, -0.15) is 0 Å². The number of aliphatic hydroxyl groups is 1. The second-order valence-electron chi connectivity index (χ2n) is 6.54. The summed E-state index contributed by atoms with van der Waals surface area (Å²) in [5.74, 6) is 0. The van der Waals surface area contributed by atoms with Gasteiger partial charge in [0.25, 0.3) is 0 Å². The molecule has 0 saturated heterocycles. The van der Waals surface area contributed by atoms with Crippen molar-refractivity contribution in [3.63, 3.8) is 0 Å². The van der Waals surface area contributed by atoms with E-state index in [0.29, 0.717) is 11.3 Å². The fraction of sp³-hybridized carbons (Fsp3) is 0.429. The summed E-state index contributed by atoms with van der Waals surface area (Å²) in [7, 11) is -1.34. The lowest BCUT2D eigenvalue weighted by Gasteiger charge is -2.38. The van der Waals surface area contributed by atoms with E-state index in [1.807, 2.05) is 48.7 Å². The third-order valence-corrected chi connectivity index (χ3v) is 7.44. The predicted octanol–water partition coefficient (Wildman–Crippen LogP) is 6.00. The molecule has 2 nitrogen and oxygen atoms in total. The molecule has 0 spiro atoms. The number of thiophene rings is 1. The Labute approximate surface area is 158 Å². The summed E-state index contributed by atoms with van der Waals surface area (Å²) in [5, 5.41) is 13.1. The molecule has 0 saturated carbocycles. The minimum atomic E-state index is -1.34. The highest BCUT2D eigenvalue weighted by molar-refractivity contribution is 7.89. The lowest BCUT2D eigenvalue weighted by molar-refractivity contribution is 0.0464. The van der Waals surface area contributed by atoms with Crippen molar-refractivity contribution in [1.82, 2.24) is 0 Å². The van der Waals surface area contributed by atoms with Crippen LogP contribution in [0.5, 0.6) is 0 Å². The van der Waals surface area contributed by atoms with Gasteiger partial charge >= 0.3 is 0 Å². The smallest absolute Gasteiger partial charge is 0.0983 e. The van der Waals surface area contributed by atoms with Crippen LogP contribution in [0, 0.1) is 12.3 Å². The normalized spacial score (nSPS) is 16.2. The summed E-state index contributed by atoms with van der Waals surface area (Å²) in [5.41, 5.74) is 0.564. The molecule has 0 aliphatic carbocycles. The highest BCUT2D eigenvalue weighted by Crippen LogP contribution is 2.49. The monoisotopic (exact) mass is 376 g/mol. The maximum atomic E-state index is 13.2. The summed E-state index contributed by atoms with van der Waals surface area (Å²) in [6.45, 7) is 10.4. The zero-order valence-corrected chi connectivity index (χ0v) is 17.0. The van der Waals surface area contributed by atoms with Gasteiger partial charge in [0.05, 0.1) is 16.9 Å². The van der Waals surface area contributed by atoms with Crippen LogP contribution in [0.2, 0.25) is 0 Å². The van der Waals surface area contributed by atoms with Gasteiger partial charge in [0.1, 0.15) is 0 Å². The number of rotatable bonds is 9. The van der Waals surface area contributed by atoms with E-state index in [1.54, 1.807) is 11.3 Å². The fourth-order valence-corrected chi connectivity index (χ4v) is 5.42. The standard InChI is InChI=1S/C21H28O2S2/c1-5-7-14-21(6-2,20(22)19-9-8-15-24-19)17(4)25(23)18-12-10-16(3)11-13-18/h8-13,15,20,22H,4-7,14H2,1-3H3/t20-,21+,25?/m1/s1. The first kappa shape index (κ1) is 20.1. The average molecular weight is 377 g/mol. The number of benzene rings is 1. The highest BCUT2D eigenvalue weighted by Gasteiger charge is 2.42. The van der Waals surface area contributed by atoms with Crippen molar-refractivity contribution in [1.29, 1.82) is 0 Å². The molecule has 1 unspecified atom stereocenters. The average Bonchev–Trinajstić information content (AvgIpc) is 3.16. The minimum Gasteiger partial charge on any atom is -0.387 e. The first-order valence-corrected chi connectivity index (χ1v) is 10.9. The van der Waals surface area contributed by atoms with Crippen molar-refractivity contribution in [2.24, 2.45) is 5.41 Å². The van der Waals surface area contributed by atoms with Gasteiger partial charge in [-0.15, -0.1) is 11.3 Å². The van der Waals surface area contributed by atoms with Crippen molar-refractivity contribution in [2.45, 2.75) is 57.5 Å². The Morgan fingerprint density at radius 3 is 2.48 bits per heavy atom. The molecule has 0 radical (unpaired) electrons. The van der Waals surface area contributed by atoms with Crippen molar-refractivity contribution < 1.29 is 9.32 Å². The van der Waals surface area contributed by atoms with E-state index in [9.17, 15) is 9.32 Å². The summed E-state index contributed by atoms with van der Waals surface area (Å²) in [6, 6.07) is 11.6. The summed E-state index contributed by atoms with van der Waals surface area (Å²) in [4.78, 5) is 2.30. The minimum absolute atomic E-state index is 0.573. The maximum Gasteiger partial charge on any atom is 0.0983 e. The molecule has 4 heteroatoms. The molecule has 1 N–H and O–H groups in total. The van der Waals surface area contributed by atoms with E-state index >= 15 is 0 Å². The fourth-order valence-electron chi connectivity index (χ4n) is 3.20. The van der Waals surface area contributed by atoms with Gasteiger partial charge in [-0.25, -0.2) is 4.21 Å². The molecule has 0 amide bonds. The van der Waals surface area contributed by atoms with Crippen molar-refractivity contribution >= 4 is 22.1 Å². The molecule has 1 heterocycles. The molecule has 136 valence electrons. The first-order valence-electron chi connectivity index (χ1n) is 8.85. The predicted molar refractivity (Wildman–Crippen MR) is 108 cm³/mol. The number of hydrogen-bond acceptors (Lipinski definition) is 3. The van der Waals surface area contributed by atoms with Gasteiger partial charge in [-0.05, 0) is 43.3 Å². The molecule has 2 rings (SSSR count). The van der Waals surface area contributed by atoms with Crippen molar-refractivity contribution in [2.75, 3.05) is 0 Å². The lowest BCUT2D eigenvalue weighted by Crippen LogP contribution is -2.32. The van der Waals surface area contributed by atoms with Crippen LogP contribution in [0.3, 0.4) is 0 Å². The number of hydrogen-bond donors (Lipinski definition) is 1. The Morgan fingerprint density at radius 1 is 1.28 bits per heavy atom. The van der Waals surface area contributed by atoms with Gasteiger partial charge in [0.2, 0.25) is 0 Å². The molecule has 1 aromatic carbocycles. The Morgan fingerprint density at radius 2 is 1.96 bits per heavy atom. The van der Waals surface area contributed by atoms with Crippen LogP contribution in [-0.2, 0) is 10.8 Å². The molecule has 25 heavy (non-hydrogen) atoms. The molecule has 0 aliphatic heterocycles. The SMILES string of the molecule is C=C(S(=O)c1ccc(C)cc1)[C@](CC)(CCCC)[C@H](O)c1cccs1. The summed E-state index contributed by atoms with van der Waals surface area (Å²) < 4.78 is 13.2. The van der Waals surface area contributed by atoms with Crippen LogP contribution in [0.1, 0.15) is 56.1 Å². The molecular formula is C21H28O2S2. The molecule has 0 aliphatic rings. The highest BCUT2D eigenvalue weighted by atomic mass is 32.2. The van der Waals surface area contributed by atoms with Gasteiger partial charge in [-0.3, -0.25) is 0 Å². The maximum absolute atomic E-state index is 13.2. The summed E-state index contributed by atoms with van der Waals surface area (Å²) in [6.07, 6.45) is 2.83. The zero-order chi connectivity index (χ0) is 18.4. The second-order valence-corrected chi connectivity index (χ2v) is 9.02. The Hall–Kier alpha value is -1.23. The molecule has 0 bridgehead atoms. The largest absolute Gasteiger partial charge is 0.387 e. The van der Waals surface area contributed by atoms with E-state index in [2.05, 4.69) is 20.4 Å². The van der Waals surface area contributed by atoms with Crippen LogP contribution < -0.4 is 0 Å². The van der Waals surface area contributed by atoms with Gasteiger partial charge < -0.3 is 5.11 Å². The number of unbranched alkanes of at least 4 members (excludes halogenated alkanes) is 1. The number of aliphatic hydroxyl groups excluding tert-OH is 1. The lowest BCUT2D eigenvalue weighted by atomic mass is 9.74. The van der Waals surface area contributed by atoms with E-state index in [4.69, 9.17) is 0 Å². The third-order valence-electron chi connectivity index (χ3n) is 4.96. The molecule has 3 atom stereocenters. The Balaban J connectivity index is 2.40. The van der Waals surface area contributed by atoms with E-state index in [1.165, 1.54) is 0 Å². The van der Waals surface area contributed by atoms with Crippen molar-refractivity contribution in [3.05, 3.63) is 63.7 Å². The Kier molecular flexibility index (Phi) is 7.17. The van der Waals surface area contributed by atoms with Crippen LogP contribution in [0.15, 0.2) is 58.2 Å². The van der Waals surface area contributed by atoms with Crippen LogP contribution in [-0.4, -0.2) is 9.32 Å². The quantitative estimate of drug-likeness (QED) is 0.583. The van der Waals surface area contributed by atoms with Gasteiger partial charge in [0, 0.05) is 20.1 Å².